The third-order valence-electron chi connectivity index (χ3n) is 3.55. The van der Waals surface area contributed by atoms with Crippen LogP contribution in [0.1, 0.15) is 36.0 Å². The second kappa shape index (κ2) is 3.93. The van der Waals surface area contributed by atoms with E-state index in [2.05, 4.69) is 11.0 Å². The molecule has 1 aromatic carbocycles. The Labute approximate surface area is 96.3 Å². The second-order valence-corrected chi connectivity index (χ2v) is 4.93. The topological polar surface area (TPSA) is 20.3 Å². The summed E-state index contributed by atoms with van der Waals surface area (Å²) >= 11 is 0. The first kappa shape index (κ1) is 9.88. The van der Waals surface area contributed by atoms with Gasteiger partial charge in [0.25, 0.3) is 0 Å². The van der Waals surface area contributed by atoms with Crippen LogP contribution in [-0.2, 0) is 0 Å². The van der Waals surface area contributed by atoms with Crippen LogP contribution in [0.5, 0.6) is 0 Å². The molecule has 2 nitrogen and oxygen atoms in total. The molecule has 84 valence electrons. The molecule has 0 saturated heterocycles. The summed E-state index contributed by atoms with van der Waals surface area (Å²) in [5, 5.41) is 0. The van der Waals surface area contributed by atoms with Crippen molar-refractivity contribution in [2.75, 3.05) is 18.0 Å². The van der Waals surface area contributed by atoms with Gasteiger partial charge in [-0.3, -0.25) is 4.79 Å². The van der Waals surface area contributed by atoms with Gasteiger partial charge in [0.05, 0.1) is 0 Å². The van der Waals surface area contributed by atoms with Crippen molar-refractivity contribution >= 4 is 11.5 Å². The highest BCUT2D eigenvalue weighted by Gasteiger charge is 2.27. The first-order valence-electron chi connectivity index (χ1n) is 6.22. The molecule has 1 heterocycles. The van der Waals surface area contributed by atoms with Gasteiger partial charge in [-0.2, -0.15) is 0 Å². The molecule has 3 rings (SSSR count). The van der Waals surface area contributed by atoms with Crippen molar-refractivity contribution in [2.24, 2.45) is 5.92 Å². The Kier molecular flexibility index (Phi) is 2.43. The molecule has 1 saturated carbocycles. The van der Waals surface area contributed by atoms with Gasteiger partial charge in [-0.1, -0.05) is 12.1 Å². The van der Waals surface area contributed by atoms with E-state index in [1.54, 1.807) is 0 Å². The van der Waals surface area contributed by atoms with Gasteiger partial charge in [0.2, 0.25) is 0 Å². The lowest BCUT2D eigenvalue weighted by Crippen LogP contribution is -2.26. The number of benzene rings is 1. The molecule has 1 aliphatic heterocycles. The number of para-hydroxylation sites is 1. The lowest BCUT2D eigenvalue weighted by atomic mass is 10.1. The largest absolute Gasteiger partial charge is 0.371 e. The van der Waals surface area contributed by atoms with Crippen molar-refractivity contribution in [3.8, 4) is 0 Å². The minimum absolute atomic E-state index is 0.314. The van der Waals surface area contributed by atoms with Gasteiger partial charge in [-0.25, -0.2) is 0 Å². The van der Waals surface area contributed by atoms with Crippen LogP contribution in [-0.4, -0.2) is 18.9 Å². The van der Waals surface area contributed by atoms with Crippen molar-refractivity contribution in [3.63, 3.8) is 0 Å². The lowest BCUT2D eigenvalue weighted by molar-refractivity contribution is 0.0984. The average molecular weight is 215 g/mol. The van der Waals surface area contributed by atoms with E-state index in [0.29, 0.717) is 12.2 Å². The van der Waals surface area contributed by atoms with Gasteiger partial charge in [0.1, 0.15) is 0 Å². The standard InChI is InChI=1S/C14H17NO/c16-14-6-3-9-15(10-11-7-8-11)13-5-2-1-4-12(13)14/h1-2,4-5,11H,3,6-10H2. The second-order valence-electron chi connectivity index (χ2n) is 4.93. The average Bonchev–Trinajstić information content (AvgIpc) is 3.11. The number of hydrogen-bond donors (Lipinski definition) is 0. The summed E-state index contributed by atoms with van der Waals surface area (Å²) in [5.74, 6) is 1.19. The molecule has 1 aromatic rings. The fourth-order valence-corrected chi connectivity index (χ4v) is 2.47. The predicted molar refractivity (Wildman–Crippen MR) is 64.9 cm³/mol. The molecule has 1 fully saturated rings. The number of Topliss-reactive ketones (excluding diaryl/α,β-unsaturated/α-hetero) is 1. The molecule has 0 amide bonds. The molecule has 0 atom stereocenters. The smallest absolute Gasteiger partial charge is 0.165 e. The number of rotatable bonds is 2. The van der Waals surface area contributed by atoms with E-state index in [-0.39, 0.29) is 0 Å². The maximum atomic E-state index is 11.9. The minimum atomic E-state index is 0.314. The molecule has 2 aliphatic rings. The van der Waals surface area contributed by atoms with Crippen molar-refractivity contribution in [1.29, 1.82) is 0 Å². The number of fused-ring (bicyclic) bond motifs is 1. The van der Waals surface area contributed by atoms with Crippen LogP contribution in [0.3, 0.4) is 0 Å². The Morgan fingerprint density at radius 2 is 2.06 bits per heavy atom. The molecule has 2 heteroatoms. The molecule has 0 radical (unpaired) electrons. The third kappa shape index (κ3) is 1.84. The van der Waals surface area contributed by atoms with Crippen molar-refractivity contribution in [3.05, 3.63) is 29.8 Å². The van der Waals surface area contributed by atoms with E-state index >= 15 is 0 Å². The maximum Gasteiger partial charge on any atom is 0.165 e. The number of nitrogens with zero attached hydrogens (tertiary/aromatic N) is 1. The van der Waals surface area contributed by atoms with E-state index in [4.69, 9.17) is 0 Å². The molecular formula is C14H17NO. The summed E-state index contributed by atoms with van der Waals surface area (Å²) in [7, 11) is 0. The Bertz CT molecular complexity index is 409. The van der Waals surface area contributed by atoms with Crippen LogP contribution in [0, 0.1) is 5.92 Å². The van der Waals surface area contributed by atoms with Crippen LogP contribution in [0.25, 0.3) is 0 Å². The third-order valence-corrected chi connectivity index (χ3v) is 3.55. The molecule has 0 aromatic heterocycles. The van der Waals surface area contributed by atoms with Crippen molar-refractivity contribution in [1.82, 2.24) is 0 Å². The minimum Gasteiger partial charge on any atom is -0.371 e. The zero-order chi connectivity index (χ0) is 11.0. The first-order chi connectivity index (χ1) is 7.84. The van der Waals surface area contributed by atoms with Crippen molar-refractivity contribution < 1.29 is 4.79 Å². The quantitative estimate of drug-likeness (QED) is 0.756. The Morgan fingerprint density at radius 1 is 1.25 bits per heavy atom. The predicted octanol–water partition coefficient (Wildman–Crippen LogP) is 2.88. The molecule has 16 heavy (non-hydrogen) atoms. The SMILES string of the molecule is O=C1CCCN(CC2CC2)c2ccccc21. The Balaban J connectivity index is 1.94. The van der Waals surface area contributed by atoms with Crippen LogP contribution in [0.4, 0.5) is 5.69 Å². The number of ketones is 1. The number of carbonyl (C=O) groups excluding carboxylic acids is 1. The summed E-state index contributed by atoms with van der Waals surface area (Å²) in [6, 6.07) is 8.08. The van der Waals surface area contributed by atoms with Gasteiger partial charge < -0.3 is 4.90 Å². The fraction of sp³-hybridized carbons (Fsp3) is 0.500. The number of hydrogen-bond acceptors (Lipinski definition) is 2. The van der Waals surface area contributed by atoms with Gasteiger partial charge in [-0.15, -0.1) is 0 Å². The highest BCUT2D eigenvalue weighted by atomic mass is 16.1. The molecule has 0 unspecified atom stereocenters. The summed E-state index contributed by atoms with van der Waals surface area (Å²) in [4.78, 5) is 14.3. The zero-order valence-corrected chi connectivity index (χ0v) is 9.48. The van der Waals surface area contributed by atoms with E-state index in [1.165, 1.54) is 12.8 Å². The molecule has 0 bridgehead atoms. The molecular weight excluding hydrogens is 198 g/mol. The summed E-state index contributed by atoms with van der Waals surface area (Å²) < 4.78 is 0. The molecule has 1 aliphatic carbocycles. The summed E-state index contributed by atoms with van der Waals surface area (Å²) in [6.07, 6.45) is 4.44. The molecule has 0 N–H and O–H groups in total. The van der Waals surface area contributed by atoms with Crippen LogP contribution in [0.2, 0.25) is 0 Å². The van der Waals surface area contributed by atoms with Crippen LogP contribution < -0.4 is 4.90 Å². The fourth-order valence-electron chi connectivity index (χ4n) is 2.47. The van der Waals surface area contributed by atoms with E-state index in [9.17, 15) is 4.79 Å². The van der Waals surface area contributed by atoms with E-state index < -0.39 is 0 Å². The number of anilines is 1. The van der Waals surface area contributed by atoms with E-state index in [0.717, 1.165) is 36.7 Å². The highest BCUT2D eigenvalue weighted by Crippen LogP contribution is 2.34. The van der Waals surface area contributed by atoms with Gasteiger partial charge in [0.15, 0.2) is 5.78 Å². The van der Waals surface area contributed by atoms with Crippen LogP contribution >= 0.6 is 0 Å². The van der Waals surface area contributed by atoms with Gasteiger partial charge >= 0.3 is 0 Å². The maximum absolute atomic E-state index is 11.9. The van der Waals surface area contributed by atoms with Gasteiger partial charge in [0, 0.05) is 30.8 Å². The molecule has 0 spiro atoms. The Hall–Kier alpha value is -1.31. The highest BCUT2D eigenvalue weighted by molar-refractivity contribution is 6.01. The Morgan fingerprint density at radius 3 is 2.88 bits per heavy atom. The van der Waals surface area contributed by atoms with Gasteiger partial charge in [-0.05, 0) is 37.3 Å². The summed E-state index contributed by atoms with van der Waals surface area (Å²) in [5.41, 5.74) is 2.09. The zero-order valence-electron chi connectivity index (χ0n) is 9.48. The first-order valence-corrected chi connectivity index (χ1v) is 6.22. The number of carbonyl (C=O) groups is 1. The summed E-state index contributed by atoms with van der Waals surface area (Å²) in [6.45, 7) is 2.18. The normalized spacial score (nSPS) is 20.5. The van der Waals surface area contributed by atoms with E-state index in [1.807, 2.05) is 18.2 Å². The lowest BCUT2D eigenvalue weighted by Gasteiger charge is -2.24. The monoisotopic (exact) mass is 215 g/mol. The van der Waals surface area contributed by atoms with Crippen molar-refractivity contribution in [2.45, 2.75) is 25.7 Å². The van der Waals surface area contributed by atoms with Crippen LogP contribution in [0.15, 0.2) is 24.3 Å².